The first-order valence-electron chi connectivity index (χ1n) is 6.60. The second kappa shape index (κ2) is 5.22. The van der Waals surface area contributed by atoms with Crippen molar-refractivity contribution in [2.45, 2.75) is 19.1 Å². The molecule has 1 aliphatic heterocycles. The molecule has 20 heavy (non-hydrogen) atoms. The molecule has 0 spiro atoms. The van der Waals surface area contributed by atoms with Crippen LogP contribution in [0.2, 0.25) is 0 Å². The lowest BCUT2D eigenvalue weighted by molar-refractivity contribution is 0.0368. The molecule has 2 aromatic rings. The van der Waals surface area contributed by atoms with Gasteiger partial charge in [0.1, 0.15) is 6.10 Å². The number of benzene rings is 1. The lowest BCUT2D eigenvalue weighted by Crippen LogP contribution is -2.25. The van der Waals surface area contributed by atoms with E-state index in [1.165, 1.54) is 0 Å². The van der Waals surface area contributed by atoms with Crippen LogP contribution >= 0.6 is 0 Å². The summed E-state index contributed by atoms with van der Waals surface area (Å²) in [5.74, 6) is -0.941. The molecule has 0 bridgehead atoms. The first-order chi connectivity index (χ1) is 9.70. The normalized spacial score (nSPS) is 22.4. The van der Waals surface area contributed by atoms with Gasteiger partial charge in [0.2, 0.25) is 0 Å². The maximum absolute atomic E-state index is 11.1. The van der Waals surface area contributed by atoms with Gasteiger partial charge in [0.15, 0.2) is 0 Å². The summed E-state index contributed by atoms with van der Waals surface area (Å²) in [7, 11) is 0. The standard InChI is InChI=1S/C14H16N2O4/c1-2-20-13-7-19-6-12(13)16-8-15-10-4-3-9(14(17)18)5-11(10)16/h3-5,8,12-13H,2,6-7H2,1H3,(H,17,18)/t12-,13+/m1/s1. The van der Waals surface area contributed by atoms with Crippen LogP contribution < -0.4 is 0 Å². The van der Waals surface area contributed by atoms with Crippen molar-refractivity contribution in [1.29, 1.82) is 0 Å². The maximum atomic E-state index is 11.1. The van der Waals surface area contributed by atoms with Gasteiger partial charge in [-0.1, -0.05) is 0 Å². The van der Waals surface area contributed by atoms with Gasteiger partial charge in [-0.2, -0.15) is 0 Å². The lowest BCUT2D eigenvalue weighted by atomic mass is 10.1. The summed E-state index contributed by atoms with van der Waals surface area (Å²) in [6.45, 7) is 3.67. The van der Waals surface area contributed by atoms with E-state index >= 15 is 0 Å². The molecule has 0 radical (unpaired) electrons. The molecule has 6 heteroatoms. The number of carbonyl (C=O) groups is 1. The van der Waals surface area contributed by atoms with Gasteiger partial charge in [0.25, 0.3) is 0 Å². The molecule has 0 amide bonds. The van der Waals surface area contributed by atoms with E-state index in [1.54, 1.807) is 24.5 Å². The van der Waals surface area contributed by atoms with Crippen LogP contribution in [0.25, 0.3) is 11.0 Å². The molecule has 1 aromatic carbocycles. The Kier molecular flexibility index (Phi) is 3.42. The van der Waals surface area contributed by atoms with Gasteiger partial charge in [-0.25, -0.2) is 9.78 Å². The third-order valence-corrected chi connectivity index (χ3v) is 3.56. The molecule has 2 heterocycles. The molecule has 1 N–H and O–H groups in total. The number of rotatable bonds is 4. The highest BCUT2D eigenvalue weighted by molar-refractivity contribution is 5.92. The number of nitrogens with zero attached hydrogens (tertiary/aromatic N) is 2. The Balaban J connectivity index is 2.02. The van der Waals surface area contributed by atoms with E-state index in [1.807, 2.05) is 11.5 Å². The van der Waals surface area contributed by atoms with Crippen molar-refractivity contribution in [1.82, 2.24) is 9.55 Å². The fourth-order valence-electron chi connectivity index (χ4n) is 2.58. The molecule has 1 aromatic heterocycles. The Morgan fingerprint density at radius 1 is 1.55 bits per heavy atom. The number of aromatic nitrogens is 2. The molecular weight excluding hydrogens is 260 g/mol. The van der Waals surface area contributed by atoms with E-state index in [-0.39, 0.29) is 17.7 Å². The van der Waals surface area contributed by atoms with Crippen molar-refractivity contribution >= 4 is 17.0 Å². The van der Waals surface area contributed by atoms with Crippen LogP contribution in [0.4, 0.5) is 0 Å². The minimum atomic E-state index is -0.941. The Morgan fingerprint density at radius 3 is 3.15 bits per heavy atom. The second-order valence-electron chi connectivity index (χ2n) is 4.76. The summed E-state index contributed by atoms with van der Waals surface area (Å²) in [4.78, 5) is 15.4. The average Bonchev–Trinajstić information content (AvgIpc) is 3.04. The molecule has 0 unspecified atom stereocenters. The van der Waals surface area contributed by atoms with Crippen LogP contribution in [0, 0.1) is 0 Å². The van der Waals surface area contributed by atoms with Gasteiger partial charge in [0, 0.05) is 6.61 Å². The van der Waals surface area contributed by atoms with E-state index in [2.05, 4.69) is 4.98 Å². The lowest BCUT2D eigenvalue weighted by Gasteiger charge is -2.19. The Hall–Kier alpha value is -1.92. The van der Waals surface area contributed by atoms with E-state index in [0.29, 0.717) is 19.8 Å². The van der Waals surface area contributed by atoms with Gasteiger partial charge >= 0.3 is 5.97 Å². The summed E-state index contributed by atoms with van der Waals surface area (Å²) < 4.78 is 13.1. The Labute approximate surface area is 115 Å². The van der Waals surface area contributed by atoms with Crippen molar-refractivity contribution < 1.29 is 19.4 Å². The van der Waals surface area contributed by atoms with E-state index < -0.39 is 5.97 Å². The molecule has 1 aliphatic rings. The summed E-state index contributed by atoms with van der Waals surface area (Å²) in [6.07, 6.45) is 1.70. The molecule has 1 fully saturated rings. The number of hydrogen-bond donors (Lipinski definition) is 1. The van der Waals surface area contributed by atoms with Gasteiger partial charge in [-0.15, -0.1) is 0 Å². The SMILES string of the molecule is CCO[C@H]1COC[C@H]1n1cnc2ccc(C(=O)O)cc21. The van der Waals surface area contributed by atoms with E-state index in [0.717, 1.165) is 11.0 Å². The second-order valence-corrected chi connectivity index (χ2v) is 4.76. The summed E-state index contributed by atoms with van der Waals surface area (Å²) in [6, 6.07) is 4.96. The zero-order valence-corrected chi connectivity index (χ0v) is 11.2. The third-order valence-electron chi connectivity index (χ3n) is 3.56. The first kappa shape index (κ1) is 13.1. The van der Waals surface area contributed by atoms with Crippen LogP contribution in [0.15, 0.2) is 24.5 Å². The largest absolute Gasteiger partial charge is 0.478 e. The van der Waals surface area contributed by atoms with Crippen LogP contribution in [-0.4, -0.2) is 46.6 Å². The number of carboxylic acid groups (broad SMARTS) is 1. The number of aromatic carboxylic acids is 1. The zero-order valence-electron chi connectivity index (χ0n) is 11.2. The zero-order chi connectivity index (χ0) is 14.1. The van der Waals surface area contributed by atoms with Crippen molar-refractivity contribution in [3.05, 3.63) is 30.1 Å². The minimum Gasteiger partial charge on any atom is -0.478 e. The Bertz CT molecular complexity index is 637. The number of imidazole rings is 1. The summed E-state index contributed by atoms with van der Waals surface area (Å²) >= 11 is 0. The van der Waals surface area contributed by atoms with Crippen molar-refractivity contribution in [2.24, 2.45) is 0 Å². The van der Waals surface area contributed by atoms with Crippen LogP contribution in [0.3, 0.4) is 0 Å². The van der Waals surface area contributed by atoms with Crippen LogP contribution in [-0.2, 0) is 9.47 Å². The monoisotopic (exact) mass is 276 g/mol. The predicted molar refractivity (Wildman–Crippen MR) is 72.0 cm³/mol. The van der Waals surface area contributed by atoms with Gasteiger partial charge in [0.05, 0.1) is 42.2 Å². The molecule has 3 rings (SSSR count). The topological polar surface area (TPSA) is 73.6 Å². The highest BCUT2D eigenvalue weighted by atomic mass is 16.5. The van der Waals surface area contributed by atoms with Crippen LogP contribution in [0.1, 0.15) is 23.3 Å². The predicted octanol–water partition coefficient (Wildman–Crippen LogP) is 1.71. The minimum absolute atomic E-state index is 0.0223. The number of fused-ring (bicyclic) bond motifs is 1. The molecule has 0 saturated carbocycles. The highest BCUT2D eigenvalue weighted by Gasteiger charge is 2.31. The molecular formula is C14H16N2O4. The van der Waals surface area contributed by atoms with Crippen molar-refractivity contribution in [2.75, 3.05) is 19.8 Å². The molecule has 106 valence electrons. The number of ether oxygens (including phenoxy) is 2. The van der Waals surface area contributed by atoms with Crippen molar-refractivity contribution in [3.63, 3.8) is 0 Å². The molecule has 6 nitrogen and oxygen atoms in total. The fourth-order valence-corrected chi connectivity index (χ4v) is 2.58. The maximum Gasteiger partial charge on any atom is 0.335 e. The van der Waals surface area contributed by atoms with E-state index in [9.17, 15) is 4.79 Å². The van der Waals surface area contributed by atoms with Gasteiger partial charge < -0.3 is 19.1 Å². The van der Waals surface area contributed by atoms with E-state index in [4.69, 9.17) is 14.6 Å². The van der Waals surface area contributed by atoms with Crippen LogP contribution in [0.5, 0.6) is 0 Å². The summed E-state index contributed by atoms with van der Waals surface area (Å²) in [5.41, 5.74) is 1.83. The van der Waals surface area contributed by atoms with Crippen molar-refractivity contribution in [3.8, 4) is 0 Å². The molecule has 1 saturated heterocycles. The Morgan fingerprint density at radius 2 is 2.40 bits per heavy atom. The number of carboxylic acids is 1. The first-order valence-corrected chi connectivity index (χ1v) is 6.60. The molecule has 0 aliphatic carbocycles. The van der Waals surface area contributed by atoms with Gasteiger partial charge in [-0.3, -0.25) is 0 Å². The van der Waals surface area contributed by atoms with Gasteiger partial charge in [-0.05, 0) is 25.1 Å². The molecule has 2 atom stereocenters. The smallest absolute Gasteiger partial charge is 0.335 e. The third kappa shape index (κ3) is 2.17. The highest BCUT2D eigenvalue weighted by Crippen LogP contribution is 2.27. The number of hydrogen-bond acceptors (Lipinski definition) is 4. The average molecular weight is 276 g/mol. The quantitative estimate of drug-likeness (QED) is 0.920. The fraction of sp³-hybridized carbons (Fsp3) is 0.429. The summed E-state index contributed by atoms with van der Waals surface area (Å²) in [5, 5.41) is 9.10.